The average Bonchev–Trinajstić information content (AvgIpc) is 3.64. The number of nitrogens with zero attached hydrogens (tertiary/aromatic N) is 7. The van der Waals surface area contributed by atoms with Crippen molar-refractivity contribution < 1.29 is 22.7 Å². The third kappa shape index (κ3) is 6.06. The number of allylic oxidation sites excluding steroid dienone is 1. The summed E-state index contributed by atoms with van der Waals surface area (Å²) in [5.74, 6) is -3.48. The van der Waals surface area contributed by atoms with Crippen LogP contribution in [-0.4, -0.2) is 68.2 Å². The van der Waals surface area contributed by atoms with Crippen LogP contribution in [0.2, 0.25) is 0 Å². The van der Waals surface area contributed by atoms with E-state index in [0.717, 1.165) is 44.5 Å². The summed E-state index contributed by atoms with van der Waals surface area (Å²) in [5.41, 5.74) is 6.98. The third-order valence-electron chi connectivity index (χ3n) is 8.44. The molecule has 2 aromatic carbocycles. The second-order valence-electron chi connectivity index (χ2n) is 11.4. The third-order valence-corrected chi connectivity index (χ3v) is 8.44. The monoisotopic (exact) mass is 616 g/mol. The van der Waals surface area contributed by atoms with Crippen molar-refractivity contribution in [2.24, 2.45) is 5.92 Å². The SMILES string of the molecule is CN1CCC(C=C(C#N)C(=O)N2CCCC2Cn2nc(-c3ccc(Oc4cccc(F)c4F)cc3F)c3c(N)ncnc32)CC1. The maximum atomic E-state index is 15.5. The van der Waals surface area contributed by atoms with E-state index in [1.54, 1.807) is 9.58 Å². The van der Waals surface area contributed by atoms with E-state index in [9.17, 15) is 18.8 Å². The molecule has 10 nitrogen and oxygen atoms in total. The van der Waals surface area contributed by atoms with Crippen LogP contribution in [0.3, 0.4) is 0 Å². The number of amides is 1. The van der Waals surface area contributed by atoms with Gasteiger partial charge in [-0.2, -0.15) is 14.8 Å². The summed E-state index contributed by atoms with van der Waals surface area (Å²) in [6, 6.07) is 9.17. The summed E-state index contributed by atoms with van der Waals surface area (Å²) in [4.78, 5) is 25.9. The van der Waals surface area contributed by atoms with Crippen LogP contribution in [0.5, 0.6) is 11.5 Å². The van der Waals surface area contributed by atoms with Crippen LogP contribution in [-0.2, 0) is 11.3 Å². The van der Waals surface area contributed by atoms with Crippen molar-refractivity contribution in [3.05, 3.63) is 71.8 Å². The Morgan fingerprint density at radius 1 is 1.11 bits per heavy atom. The number of fused-ring (bicyclic) bond motifs is 1. The van der Waals surface area contributed by atoms with Gasteiger partial charge < -0.3 is 20.3 Å². The number of hydrogen-bond donors (Lipinski definition) is 1. The molecule has 1 amide bonds. The maximum absolute atomic E-state index is 15.5. The lowest BCUT2D eigenvalue weighted by Gasteiger charge is -2.28. The summed E-state index contributed by atoms with van der Waals surface area (Å²) in [5, 5.41) is 14.9. The van der Waals surface area contributed by atoms with Gasteiger partial charge >= 0.3 is 0 Å². The maximum Gasteiger partial charge on any atom is 0.264 e. The summed E-state index contributed by atoms with van der Waals surface area (Å²) >= 11 is 0. The van der Waals surface area contributed by atoms with Gasteiger partial charge in [0.05, 0.1) is 18.0 Å². The fourth-order valence-electron chi connectivity index (χ4n) is 6.02. The molecule has 0 spiro atoms. The lowest BCUT2D eigenvalue weighted by atomic mass is 9.94. The van der Waals surface area contributed by atoms with Gasteiger partial charge in [0.2, 0.25) is 5.82 Å². The number of nitrogen functional groups attached to an aromatic ring is 1. The number of piperidine rings is 1. The molecule has 13 heteroatoms. The van der Waals surface area contributed by atoms with Crippen LogP contribution >= 0.6 is 0 Å². The molecule has 232 valence electrons. The van der Waals surface area contributed by atoms with Crippen LogP contribution in [0.15, 0.2) is 54.4 Å². The van der Waals surface area contributed by atoms with Crippen LogP contribution in [0, 0.1) is 34.7 Å². The first-order chi connectivity index (χ1) is 21.7. The number of aromatic nitrogens is 4. The number of nitriles is 1. The van der Waals surface area contributed by atoms with Crippen molar-refractivity contribution in [1.82, 2.24) is 29.5 Å². The normalized spacial score (nSPS) is 18.0. The van der Waals surface area contributed by atoms with E-state index < -0.39 is 17.5 Å². The number of likely N-dealkylation sites (tertiary alicyclic amines) is 2. The molecule has 45 heavy (non-hydrogen) atoms. The predicted molar refractivity (Wildman–Crippen MR) is 160 cm³/mol. The Kier molecular flexibility index (Phi) is 8.40. The topological polar surface area (TPSA) is 126 Å². The second-order valence-corrected chi connectivity index (χ2v) is 11.4. The quantitative estimate of drug-likeness (QED) is 0.225. The number of halogens is 3. The Morgan fingerprint density at radius 2 is 1.91 bits per heavy atom. The van der Waals surface area contributed by atoms with Gasteiger partial charge in [-0.3, -0.25) is 4.79 Å². The van der Waals surface area contributed by atoms with Crippen molar-refractivity contribution in [2.45, 2.75) is 38.3 Å². The van der Waals surface area contributed by atoms with Crippen molar-refractivity contribution in [3.8, 4) is 28.8 Å². The first kappa shape index (κ1) is 30.1. The van der Waals surface area contributed by atoms with Crippen molar-refractivity contribution >= 4 is 22.8 Å². The van der Waals surface area contributed by atoms with Crippen molar-refractivity contribution in [1.29, 1.82) is 5.26 Å². The minimum absolute atomic E-state index is 0.0459. The second kappa shape index (κ2) is 12.6. The summed E-state index contributed by atoms with van der Waals surface area (Å²) in [7, 11) is 2.06. The highest BCUT2D eigenvalue weighted by Crippen LogP contribution is 2.35. The molecule has 6 rings (SSSR count). The standard InChI is InChI=1S/C32H31F3N8O2/c1-41-12-9-19(10-13-41)14-20(16-36)32(44)42-11-3-4-21(42)17-43-31-27(30(37)38-18-39-31)29(40-43)23-8-7-22(15-25(23)34)45-26-6-2-5-24(33)28(26)35/h2,5-8,14-15,18-19,21H,3-4,9-13,17H2,1H3,(H2,37,38,39). The molecule has 0 aliphatic carbocycles. The molecular formula is C32H31F3N8O2. The molecule has 2 fully saturated rings. The smallest absolute Gasteiger partial charge is 0.264 e. The lowest BCUT2D eigenvalue weighted by Crippen LogP contribution is -2.39. The van der Waals surface area contributed by atoms with E-state index in [0.29, 0.717) is 24.0 Å². The van der Waals surface area contributed by atoms with Gasteiger partial charge in [-0.1, -0.05) is 12.1 Å². The molecule has 4 heterocycles. The number of carbonyl (C=O) groups is 1. The zero-order valence-corrected chi connectivity index (χ0v) is 24.6. The van der Waals surface area contributed by atoms with E-state index in [1.165, 1.54) is 30.6 Å². The van der Waals surface area contributed by atoms with E-state index >= 15 is 4.39 Å². The minimum atomic E-state index is -1.18. The Labute approximate surface area is 257 Å². The number of rotatable bonds is 7. The fourth-order valence-corrected chi connectivity index (χ4v) is 6.02. The molecular weight excluding hydrogens is 585 g/mol. The van der Waals surface area contributed by atoms with Gasteiger partial charge in [0.25, 0.3) is 5.91 Å². The molecule has 0 saturated carbocycles. The van der Waals surface area contributed by atoms with E-state index in [4.69, 9.17) is 10.5 Å². The average molecular weight is 617 g/mol. The number of anilines is 1. The molecule has 0 bridgehead atoms. The Morgan fingerprint density at radius 3 is 2.67 bits per heavy atom. The summed E-state index contributed by atoms with van der Waals surface area (Å²) in [6.45, 7) is 2.58. The largest absolute Gasteiger partial charge is 0.454 e. The summed E-state index contributed by atoms with van der Waals surface area (Å²) < 4.78 is 50.2. The van der Waals surface area contributed by atoms with Crippen LogP contribution in [0.25, 0.3) is 22.3 Å². The van der Waals surface area contributed by atoms with Crippen molar-refractivity contribution in [3.63, 3.8) is 0 Å². The van der Waals surface area contributed by atoms with E-state index in [-0.39, 0.29) is 58.6 Å². The number of ether oxygens (including phenoxy) is 1. The molecule has 4 aromatic rings. The fraction of sp³-hybridized carbons (Fsp3) is 0.344. The van der Waals surface area contributed by atoms with Gasteiger partial charge in [-0.05, 0) is 76.0 Å². The molecule has 1 unspecified atom stereocenters. The summed E-state index contributed by atoms with van der Waals surface area (Å²) in [6.07, 6.45) is 6.34. The van der Waals surface area contributed by atoms with Crippen LogP contribution in [0.1, 0.15) is 25.7 Å². The number of benzene rings is 2. The minimum Gasteiger partial charge on any atom is -0.454 e. The molecule has 2 saturated heterocycles. The van der Waals surface area contributed by atoms with Gasteiger partial charge in [-0.15, -0.1) is 0 Å². The molecule has 0 radical (unpaired) electrons. The Hall–Kier alpha value is -4.96. The van der Waals surface area contributed by atoms with Gasteiger partial charge in [0.1, 0.15) is 41.0 Å². The zero-order chi connectivity index (χ0) is 31.7. The molecule has 2 aliphatic rings. The highest BCUT2D eigenvalue weighted by Gasteiger charge is 2.33. The van der Waals surface area contributed by atoms with E-state index in [1.807, 2.05) is 6.08 Å². The van der Waals surface area contributed by atoms with Crippen LogP contribution < -0.4 is 10.5 Å². The molecule has 1 atom stereocenters. The zero-order valence-electron chi connectivity index (χ0n) is 24.6. The number of hydrogen-bond acceptors (Lipinski definition) is 8. The van der Waals surface area contributed by atoms with Crippen molar-refractivity contribution in [2.75, 3.05) is 32.4 Å². The molecule has 2 aromatic heterocycles. The van der Waals surface area contributed by atoms with Gasteiger partial charge in [0.15, 0.2) is 17.2 Å². The van der Waals surface area contributed by atoms with Gasteiger partial charge in [0, 0.05) is 18.2 Å². The lowest BCUT2D eigenvalue weighted by molar-refractivity contribution is -0.127. The number of nitrogens with two attached hydrogens (primary N) is 1. The Balaban J connectivity index is 1.27. The van der Waals surface area contributed by atoms with E-state index in [2.05, 4.69) is 33.1 Å². The van der Waals surface area contributed by atoms with Crippen LogP contribution in [0.4, 0.5) is 19.0 Å². The first-order valence-electron chi connectivity index (χ1n) is 14.7. The van der Waals surface area contributed by atoms with Gasteiger partial charge in [-0.25, -0.2) is 23.4 Å². The highest BCUT2D eigenvalue weighted by molar-refractivity contribution is 5.99. The number of carbonyl (C=O) groups excluding carboxylic acids is 1. The highest BCUT2D eigenvalue weighted by atomic mass is 19.2. The first-order valence-corrected chi connectivity index (χ1v) is 14.7. The Bertz CT molecular complexity index is 1830. The predicted octanol–water partition coefficient (Wildman–Crippen LogP) is 5.07. The molecule has 2 aliphatic heterocycles. The molecule has 2 N–H and O–H groups in total.